The molecule has 4 nitrogen and oxygen atoms in total. The molecule has 1 amide bonds. The first-order valence-corrected chi connectivity index (χ1v) is 5.08. The van der Waals surface area contributed by atoms with Crippen LogP contribution in [-0.4, -0.2) is 36.5 Å². The minimum atomic E-state index is -0.378. The molecular formula is C10H17NO3. The molecule has 1 saturated heterocycles. The lowest BCUT2D eigenvalue weighted by molar-refractivity contribution is -0.124. The molecule has 0 aromatic rings. The van der Waals surface area contributed by atoms with Gasteiger partial charge in [0.25, 0.3) is 0 Å². The van der Waals surface area contributed by atoms with Crippen LogP contribution in [0.2, 0.25) is 0 Å². The molecule has 0 aromatic carbocycles. The average Bonchev–Trinajstić information content (AvgIpc) is 2.27. The highest BCUT2D eigenvalue weighted by molar-refractivity contribution is 5.87. The molecule has 0 N–H and O–H groups in total. The van der Waals surface area contributed by atoms with Crippen molar-refractivity contribution in [2.45, 2.75) is 38.6 Å². The molecule has 0 aromatic heterocycles. The fourth-order valence-electron chi connectivity index (χ4n) is 1.84. The topological polar surface area (TPSA) is 46.6 Å². The van der Waals surface area contributed by atoms with Gasteiger partial charge in [0.2, 0.25) is 0 Å². The monoisotopic (exact) mass is 199 g/mol. The summed E-state index contributed by atoms with van der Waals surface area (Å²) in [6.07, 6.45) is 2.86. The van der Waals surface area contributed by atoms with Crippen LogP contribution in [0.15, 0.2) is 0 Å². The SMILES string of the molecule is CCC(=O)C1CCCCN1C(=O)OC. The molecule has 0 spiro atoms. The number of methoxy groups -OCH3 is 1. The minimum absolute atomic E-state index is 0.134. The first-order chi connectivity index (χ1) is 6.70. The molecule has 80 valence electrons. The van der Waals surface area contributed by atoms with Gasteiger partial charge < -0.3 is 4.74 Å². The fourth-order valence-corrected chi connectivity index (χ4v) is 1.84. The molecule has 1 aliphatic heterocycles. The second-order valence-electron chi connectivity index (χ2n) is 3.49. The predicted molar refractivity (Wildman–Crippen MR) is 52.0 cm³/mol. The summed E-state index contributed by atoms with van der Waals surface area (Å²) < 4.78 is 4.65. The van der Waals surface area contributed by atoms with E-state index in [9.17, 15) is 9.59 Å². The van der Waals surface area contributed by atoms with Crippen molar-refractivity contribution >= 4 is 11.9 Å². The summed E-state index contributed by atoms with van der Waals surface area (Å²) in [6.45, 7) is 2.47. The van der Waals surface area contributed by atoms with Crippen LogP contribution in [0.25, 0.3) is 0 Å². The Morgan fingerprint density at radius 1 is 1.43 bits per heavy atom. The van der Waals surface area contributed by atoms with Gasteiger partial charge in [-0.25, -0.2) is 4.79 Å². The lowest BCUT2D eigenvalue weighted by Crippen LogP contribution is -2.47. The van der Waals surface area contributed by atoms with Crippen LogP contribution in [0.5, 0.6) is 0 Å². The van der Waals surface area contributed by atoms with Gasteiger partial charge in [0.15, 0.2) is 5.78 Å². The maximum absolute atomic E-state index is 11.5. The third kappa shape index (κ3) is 2.25. The van der Waals surface area contributed by atoms with Crippen LogP contribution in [0.3, 0.4) is 0 Å². The Morgan fingerprint density at radius 2 is 2.14 bits per heavy atom. The molecule has 14 heavy (non-hydrogen) atoms. The van der Waals surface area contributed by atoms with Crippen LogP contribution in [0.4, 0.5) is 4.79 Å². The molecule has 0 saturated carbocycles. The number of ketones is 1. The van der Waals surface area contributed by atoms with E-state index in [-0.39, 0.29) is 17.9 Å². The van der Waals surface area contributed by atoms with Crippen molar-refractivity contribution in [3.05, 3.63) is 0 Å². The van der Waals surface area contributed by atoms with E-state index >= 15 is 0 Å². The third-order valence-corrected chi connectivity index (χ3v) is 2.63. The Labute approximate surface area is 84.2 Å². The maximum atomic E-state index is 11.5. The van der Waals surface area contributed by atoms with E-state index < -0.39 is 0 Å². The van der Waals surface area contributed by atoms with Crippen molar-refractivity contribution in [2.24, 2.45) is 0 Å². The molecule has 1 aliphatic rings. The van der Waals surface area contributed by atoms with Gasteiger partial charge in [-0.2, -0.15) is 0 Å². The number of piperidine rings is 1. The zero-order chi connectivity index (χ0) is 10.6. The third-order valence-electron chi connectivity index (χ3n) is 2.63. The maximum Gasteiger partial charge on any atom is 0.410 e. The number of carbonyl (C=O) groups excluding carboxylic acids is 2. The van der Waals surface area contributed by atoms with E-state index in [1.807, 2.05) is 6.92 Å². The van der Waals surface area contributed by atoms with Crippen LogP contribution < -0.4 is 0 Å². The summed E-state index contributed by atoms with van der Waals surface area (Å²) in [6, 6.07) is -0.249. The van der Waals surface area contributed by atoms with Crippen molar-refractivity contribution in [2.75, 3.05) is 13.7 Å². The number of carbonyl (C=O) groups is 2. The summed E-state index contributed by atoms with van der Waals surface area (Å²) in [5.74, 6) is 0.134. The number of ether oxygens (including phenoxy) is 1. The first-order valence-electron chi connectivity index (χ1n) is 5.08. The molecule has 1 rings (SSSR count). The smallest absolute Gasteiger partial charge is 0.410 e. The summed E-state index contributed by atoms with van der Waals surface area (Å²) in [5.41, 5.74) is 0. The molecule has 0 bridgehead atoms. The van der Waals surface area contributed by atoms with Gasteiger partial charge in [0, 0.05) is 13.0 Å². The standard InChI is InChI=1S/C10H17NO3/c1-3-9(12)8-6-4-5-7-11(8)10(13)14-2/h8H,3-7H2,1-2H3. The van der Waals surface area contributed by atoms with Crippen LogP contribution in [0, 0.1) is 0 Å². The van der Waals surface area contributed by atoms with E-state index in [0.717, 1.165) is 19.3 Å². The lowest BCUT2D eigenvalue weighted by atomic mass is 9.98. The van der Waals surface area contributed by atoms with Gasteiger partial charge in [-0.1, -0.05) is 6.92 Å². The predicted octanol–water partition coefficient (Wildman–Crippen LogP) is 1.59. The van der Waals surface area contributed by atoms with Gasteiger partial charge in [-0.05, 0) is 19.3 Å². The van der Waals surface area contributed by atoms with Crippen molar-refractivity contribution < 1.29 is 14.3 Å². The fraction of sp³-hybridized carbons (Fsp3) is 0.800. The Hall–Kier alpha value is -1.06. The lowest BCUT2D eigenvalue weighted by Gasteiger charge is -2.33. The molecule has 0 aliphatic carbocycles. The normalized spacial score (nSPS) is 21.9. The van der Waals surface area contributed by atoms with Crippen molar-refractivity contribution in [1.29, 1.82) is 0 Å². The first kappa shape index (κ1) is 11.0. The van der Waals surface area contributed by atoms with Crippen LogP contribution in [0.1, 0.15) is 32.6 Å². The van der Waals surface area contributed by atoms with Crippen molar-refractivity contribution in [1.82, 2.24) is 4.90 Å². The number of rotatable bonds is 2. The van der Waals surface area contributed by atoms with Gasteiger partial charge in [0.1, 0.15) is 0 Å². The summed E-state index contributed by atoms with van der Waals surface area (Å²) in [7, 11) is 1.35. The van der Waals surface area contributed by atoms with E-state index in [0.29, 0.717) is 13.0 Å². The van der Waals surface area contributed by atoms with E-state index in [4.69, 9.17) is 0 Å². The Morgan fingerprint density at radius 3 is 2.71 bits per heavy atom. The van der Waals surface area contributed by atoms with E-state index in [2.05, 4.69) is 4.74 Å². The molecule has 4 heteroatoms. The molecule has 1 atom stereocenters. The Kier molecular flexibility index (Phi) is 3.92. The summed E-state index contributed by atoms with van der Waals surface area (Å²) >= 11 is 0. The second-order valence-corrected chi connectivity index (χ2v) is 3.49. The number of hydrogen-bond donors (Lipinski definition) is 0. The quantitative estimate of drug-likeness (QED) is 0.678. The highest BCUT2D eigenvalue weighted by atomic mass is 16.5. The van der Waals surface area contributed by atoms with Gasteiger partial charge >= 0.3 is 6.09 Å². The molecule has 1 unspecified atom stereocenters. The van der Waals surface area contributed by atoms with Crippen LogP contribution in [-0.2, 0) is 9.53 Å². The summed E-state index contributed by atoms with van der Waals surface area (Å²) in [5, 5.41) is 0. The van der Waals surface area contributed by atoms with Gasteiger partial charge in [-0.15, -0.1) is 0 Å². The van der Waals surface area contributed by atoms with Gasteiger partial charge in [0.05, 0.1) is 13.2 Å². The van der Waals surface area contributed by atoms with Crippen molar-refractivity contribution in [3.8, 4) is 0 Å². The highest BCUT2D eigenvalue weighted by Gasteiger charge is 2.31. The number of likely N-dealkylation sites (tertiary alicyclic amines) is 1. The average molecular weight is 199 g/mol. The molecular weight excluding hydrogens is 182 g/mol. The molecule has 1 fully saturated rings. The zero-order valence-corrected chi connectivity index (χ0v) is 8.78. The summed E-state index contributed by atoms with van der Waals surface area (Å²) in [4.78, 5) is 24.4. The Balaban J connectivity index is 2.68. The molecule has 1 heterocycles. The Bertz CT molecular complexity index is 203. The van der Waals surface area contributed by atoms with E-state index in [1.54, 1.807) is 4.90 Å². The largest absolute Gasteiger partial charge is 0.453 e. The highest BCUT2D eigenvalue weighted by Crippen LogP contribution is 2.19. The minimum Gasteiger partial charge on any atom is -0.453 e. The van der Waals surface area contributed by atoms with Crippen molar-refractivity contribution in [3.63, 3.8) is 0 Å². The number of Topliss-reactive ketones (excluding diaryl/α,β-unsaturated/α-hetero) is 1. The van der Waals surface area contributed by atoms with Crippen LogP contribution >= 0.6 is 0 Å². The molecule has 0 radical (unpaired) electrons. The second kappa shape index (κ2) is 4.98. The van der Waals surface area contributed by atoms with Gasteiger partial charge in [-0.3, -0.25) is 9.69 Å². The zero-order valence-electron chi connectivity index (χ0n) is 8.78. The number of hydrogen-bond acceptors (Lipinski definition) is 3. The van der Waals surface area contributed by atoms with E-state index in [1.165, 1.54) is 7.11 Å². The number of amides is 1. The number of nitrogens with zero attached hydrogens (tertiary/aromatic N) is 1.